The Bertz CT molecular complexity index is 936. The van der Waals surface area contributed by atoms with E-state index >= 15 is 0 Å². The molecule has 0 fully saturated rings. The summed E-state index contributed by atoms with van der Waals surface area (Å²) in [4.78, 5) is 17.1. The molecule has 1 amide bonds. The molecule has 4 rings (SSSR count). The van der Waals surface area contributed by atoms with Crippen LogP contribution in [0.25, 0.3) is 11.3 Å². The van der Waals surface area contributed by atoms with E-state index in [0.717, 1.165) is 11.3 Å². The molecule has 26 heavy (non-hydrogen) atoms. The van der Waals surface area contributed by atoms with Gasteiger partial charge in [-0.05, 0) is 26.0 Å². The molecular weight excluding hydrogens is 348 g/mol. The number of nitrogens with one attached hydrogen (secondary N) is 1. The number of nitrogens with zero attached hydrogens (tertiary/aromatic N) is 1. The van der Waals surface area contributed by atoms with Crippen LogP contribution >= 0.6 is 11.3 Å². The number of carbonyl (C=O) groups is 1. The number of anilines is 1. The maximum Gasteiger partial charge on any atom is 0.271 e. The average molecular weight is 366 g/mol. The van der Waals surface area contributed by atoms with E-state index in [2.05, 4.69) is 10.3 Å². The number of thiazole rings is 1. The predicted molar refractivity (Wildman–Crippen MR) is 102 cm³/mol. The lowest BCUT2D eigenvalue weighted by Gasteiger charge is -2.30. The molecule has 2 heterocycles. The standard InChI is InChI=1S/C20H18N2O3S/c1-12-7-9-14(10-8-12)15-11-26-20(21-15)22-19(23)18-13(2)24-16-5-3-4-6-17(16)25-18/h3-11,13,18H,1-2H3,(H,21,22,23). The van der Waals surface area contributed by atoms with Gasteiger partial charge >= 0.3 is 0 Å². The van der Waals surface area contributed by atoms with Gasteiger partial charge in [-0.2, -0.15) is 0 Å². The highest BCUT2D eigenvalue weighted by atomic mass is 32.1. The third-order valence-electron chi connectivity index (χ3n) is 4.18. The number of rotatable bonds is 3. The second-order valence-corrected chi connectivity index (χ2v) is 7.06. The first kappa shape index (κ1) is 16.6. The minimum Gasteiger partial charge on any atom is -0.482 e. The van der Waals surface area contributed by atoms with Crippen LogP contribution in [0, 0.1) is 6.92 Å². The SMILES string of the molecule is Cc1ccc(-c2csc(NC(=O)C3Oc4ccccc4OC3C)n2)cc1. The number of amides is 1. The van der Waals surface area contributed by atoms with Crippen molar-refractivity contribution >= 4 is 22.4 Å². The number of para-hydroxylation sites is 2. The molecule has 0 spiro atoms. The molecule has 1 aromatic heterocycles. The monoisotopic (exact) mass is 366 g/mol. The van der Waals surface area contributed by atoms with Gasteiger partial charge in [0.15, 0.2) is 16.6 Å². The van der Waals surface area contributed by atoms with Crippen molar-refractivity contribution in [3.63, 3.8) is 0 Å². The smallest absolute Gasteiger partial charge is 0.271 e. The predicted octanol–water partition coefficient (Wildman–Crippen LogP) is 4.29. The van der Waals surface area contributed by atoms with Gasteiger partial charge < -0.3 is 9.47 Å². The van der Waals surface area contributed by atoms with Crippen molar-refractivity contribution in [1.29, 1.82) is 0 Å². The zero-order valence-electron chi connectivity index (χ0n) is 14.4. The molecule has 1 aliphatic heterocycles. The first-order valence-electron chi connectivity index (χ1n) is 8.36. The Hall–Kier alpha value is -2.86. The molecule has 0 radical (unpaired) electrons. The molecule has 132 valence electrons. The van der Waals surface area contributed by atoms with Gasteiger partial charge in [0.2, 0.25) is 6.10 Å². The van der Waals surface area contributed by atoms with E-state index in [4.69, 9.17) is 9.47 Å². The summed E-state index contributed by atoms with van der Waals surface area (Å²) in [7, 11) is 0. The third kappa shape index (κ3) is 3.28. The van der Waals surface area contributed by atoms with Gasteiger partial charge in [-0.25, -0.2) is 4.98 Å². The van der Waals surface area contributed by atoms with E-state index in [1.165, 1.54) is 16.9 Å². The third-order valence-corrected chi connectivity index (χ3v) is 4.94. The number of fused-ring (bicyclic) bond motifs is 1. The molecule has 0 saturated carbocycles. The van der Waals surface area contributed by atoms with E-state index in [9.17, 15) is 4.79 Å². The number of hydrogen-bond donors (Lipinski definition) is 1. The van der Waals surface area contributed by atoms with E-state index in [1.54, 1.807) is 6.07 Å². The number of hydrogen-bond acceptors (Lipinski definition) is 5. The maximum absolute atomic E-state index is 12.6. The highest BCUT2D eigenvalue weighted by molar-refractivity contribution is 7.14. The van der Waals surface area contributed by atoms with Crippen LogP contribution in [-0.4, -0.2) is 23.1 Å². The Morgan fingerprint density at radius 2 is 1.77 bits per heavy atom. The molecule has 6 heteroatoms. The molecular formula is C20H18N2O3S. The fourth-order valence-electron chi connectivity index (χ4n) is 2.77. The molecule has 2 aromatic carbocycles. The van der Waals surface area contributed by atoms with Crippen molar-refractivity contribution in [1.82, 2.24) is 4.98 Å². The summed E-state index contributed by atoms with van der Waals surface area (Å²) in [6.45, 7) is 3.86. The van der Waals surface area contributed by atoms with Crippen molar-refractivity contribution in [2.24, 2.45) is 0 Å². The lowest BCUT2D eigenvalue weighted by atomic mass is 10.1. The van der Waals surface area contributed by atoms with Gasteiger partial charge in [0.05, 0.1) is 5.69 Å². The van der Waals surface area contributed by atoms with Crippen LogP contribution in [0.2, 0.25) is 0 Å². The number of aryl methyl sites for hydroxylation is 1. The van der Waals surface area contributed by atoms with Crippen LogP contribution in [0.1, 0.15) is 12.5 Å². The normalized spacial score (nSPS) is 18.4. The Balaban J connectivity index is 1.48. The summed E-state index contributed by atoms with van der Waals surface area (Å²) in [6, 6.07) is 15.5. The number of benzene rings is 2. The minimum absolute atomic E-state index is 0.267. The summed E-state index contributed by atoms with van der Waals surface area (Å²) in [6.07, 6.45) is -1.11. The van der Waals surface area contributed by atoms with Crippen LogP contribution in [-0.2, 0) is 4.79 Å². The molecule has 2 atom stereocenters. The van der Waals surface area contributed by atoms with Gasteiger partial charge in [0.1, 0.15) is 6.10 Å². The summed E-state index contributed by atoms with van der Waals surface area (Å²) in [5.41, 5.74) is 3.05. The molecule has 1 N–H and O–H groups in total. The van der Waals surface area contributed by atoms with Crippen molar-refractivity contribution in [2.75, 3.05) is 5.32 Å². The average Bonchev–Trinajstić information content (AvgIpc) is 3.10. The molecule has 3 aromatic rings. The molecule has 1 aliphatic rings. The van der Waals surface area contributed by atoms with E-state index in [1.807, 2.05) is 61.7 Å². The van der Waals surface area contributed by atoms with Gasteiger partial charge in [0.25, 0.3) is 5.91 Å². The van der Waals surface area contributed by atoms with Crippen LogP contribution in [0.4, 0.5) is 5.13 Å². The first-order chi connectivity index (χ1) is 12.6. The van der Waals surface area contributed by atoms with Crippen molar-refractivity contribution in [3.8, 4) is 22.8 Å². The van der Waals surface area contributed by atoms with Crippen molar-refractivity contribution in [3.05, 3.63) is 59.5 Å². The Kier molecular flexibility index (Phi) is 4.34. The maximum atomic E-state index is 12.6. The minimum atomic E-state index is -0.725. The Morgan fingerprint density at radius 1 is 1.08 bits per heavy atom. The van der Waals surface area contributed by atoms with E-state index < -0.39 is 6.10 Å². The number of carbonyl (C=O) groups excluding carboxylic acids is 1. The quantitative estimate of drug-likeness (QED) is 0.751. The Labute approximate surface area is 155 Å². The zero-order valence-corrected chi connectivity index (χ0v) is 15.2. The van der Waals surface area contributed by atoms with Gasteiger partial charge in [-0.3, -0.25) is 10.1 Å². The first-order valence-corrected chi connectivity index (χ1v) is 9.24. The fourth-order valence-corrected chi connectivity index (χ4v) is 3.49. The lowest BCUT2D eigenvalue weighted by Crippen LogP contribution is -2.46. The summed E-state index contributed by atoms with van der Waals surface area (Å²) in [5, 5.41) is 5.31. The highest BCUT2D eigenvalue weighted by Crippen LogP contribution is 2.34. The lowest BCUT2D eigenvalue weighted by molar-refractivity contribution is -0.128. The molecule has 0 aliphatic carbocycles. The van der Waals surface area contributed by atoms with Crippen LogP contribution in [0.3, 0.4) is 0 Å². The van der Waals surface area contributed by atoms with Crippen molar-refractivity contribution in [2.45, 2.75) is 26.1 Å². The molecule has 5 nitrogen and oxygen atoms in total. The largest absolute Gasteiger partial charge is 0.482 e. The molecule has 0 bridgehead atoms. The molecule has 2 unspecified atom stereocenters. The number of aromatic nitrogens is 1. The Morgan fingerprint density at radius 3 is 2.50 bits per heavy atom. The fraction of sp³-hybridized carbons (Fsp3) is 0.200. The van der Waals surface area contributed by atoms with Crippen LogP contribution < -0.4 is 14.8 Å². The zero-order chi connectivity index (χ0) is 18.1. The molecule has 0 saturated heterocycles. The summed E-state index contributed by atoms with van der Waals surface area (Å²) < 4.78 is 11.6. The van der Waals surface area contributed by atoms with Crippen molar-refractivity contribution < 1.29 is 14.3 Å². The van der Waals surface area contributed by atoms with Crippen LogP contribution in [0.5, 0.6) is 11.5 Å². The number of ether oxygens (including phenoxy) is 2. The van der Waals surface area contributed by atoms with E-state index in [-0.39, 0.29) is 12.0 Å². The van der Waals surface area contributed by atoms with Gasteiger partial charge in [0, 0.05) is 10.9 Å². The summed E-state index contributed by atoms with van der Waals surface area (Å²) in [5.74, 6) is 0.960. The van der Waals surface area contributed by atoms with Crippen LogP contribution in [0.15, 0.2) is 53.9 Å². The topological polar surface area (TPSA) is 60.5 Å². The van der Waals surface area contributed by atoms with Gasteiger partial charge in [-0.1, -0.05) is 42.0 Å². The summed E-state index contributed by atoms with van der Waals surface area (Å²) >= 11 is 1.39. The second kappa shape index (κ2) is 6.80. The van der Waals surface area contributed by atoms with E-state index in [0.29, 0.717) is 16.6 Å². The second-order valence-electron chi connectivity index (χ2n) is 6.20. The van der Waals surface area contributed by atoms with Gasteiger partial charge in [-0.15, -0.1) is 11.3 Å². The highest BCUT2D eigenvalue weighted by Gasteiger charge is 2.34.